The summed E-state index contributed by atoms with van der Waals surface area (Å²) in [6, 6.07) is 15.4. The van der Waals surface area contributed by atoms with E-state index >= 15 is 0 Å². The molecule has 1 aliphatic carbocycles. The maximum atomic E-state index is 13.7. The van der Waals surface area contributed by atoms with Gasteiger partial charge in [0.1, 0.15) is 17.4 Å². The largest absolute Gasteiger partial charge is 0.482 e. The lowest BCUT2D eigenvalue weighted by molar-refractivity contribution is -0.138. The Hall–Kier alpha value is -5.00. The van der Waals surface area contributed by atoms with Crippen LogP contribution in [0.4, 0.5) is 30.6 Å². The van der Waals surface area contributed by atoms with Crippen LogP contribution in [0.3, 0.4) is 0 Å². The van der Waals surface area contributed by atoms with Crippen LogP contribution in [0.2, 0.25) is 0 Å². The number of carbonyl (C=O) groups is 4. The van der Waals surface area contributed by atoms with E-state index in [0.717, 1.165) is 49.1 Å². The summed E-state index contributed by atoms with van der Waals surface area (Å²) in [4.78, 5) is 53.3. The first-order valence-electron chi connectivity index (χ1n) is 15.6. The van der Waals surface area contributed by atoms with Crippen molar-refractivity contribution in [2.75, 3.05) is 41.9 Å². The summed E-state index contributed by atoms with van der Waals surface area (Å²) in [5.74, 6) is -3.65. The molecule has 0 spiro atoms. The van der Waals surface area contributed by atoms with Gasteiger partial charge in [-0.1, -0.05) is 56.4 Å². The second-order valence-electron chi connectivity index (χ2n) is 11.7. The van der Waals surface area contributed by atoms with Gasteiger partial charge >= 0.3 is 12.0 Å². The smallest absolute Gasteiger partial charge is 0.319 e. The molecule has 0 saturated heterocycles. The number of carboxylic acid groups (broad SMARTS) is 1. The van der Waals surface area contributed by atoms with Gasteiger partial charge in [0, 0.05) is 31.0 Å². The Labute approximate surface area is 272 Å². The van der Waals surface area contributed by atoms with E-state index in [4.69, 9.17) is 4.74 Å². The van der Waals surface area contributed by atoms with Gasteiger partial charge in [-0.2, -0.15) is 0 Å². The number of amides is 4. The second-order valence-corrected chi connectivity index (χ2v) is 11.7. The Balaban J connectivity index is 1.45. The van der Waals surface area contributed by atoms with Gasteiger partial charge < -0.3 is 30.3 Å². The minimum Gasteiger partial charge on any atom is -0.482 e. The van der Waals surface area contributed by atoms with Crippen molar-refractivity contribution in [1.82, 2.24) is 5.32 Å². The van der Waals surface area contributed by atoms with Crippen LogP contribution in [0.25, 0.3) is 0 Å². The van der Waals surface area contributed by atoms with E-state index in [-0.39, 0.29) is 18.0 Å². The van der Waals surface area contributed by atoms with Crippen molar-refractivity contribution >= 4 is 40.9 Å². The Morgan fingerprint density at radius 1 is 0.936 bits per heavy atom. The fourth-order valence-electron chi connectivity index (χ4n) is 5.54. The minimum atomic E-state index is -0.992. The van der Waals surface area contributed by atoms with Crippen LogP contribution in [0.15, 0.2) is 66.7 Å². The first kappa shape index (κ1) is 34.9. The number of benzene rings is 3. The van der Waals surface area contributed by atoms with E-state index in [2.05, 4.69) is 10.6 Å². The molecule has 0 heterocycles. The Bertz CT molecular complexity index is 1560. The highest BCUT2D eigenvalue weighted by molar-refractivity contribution is 5.99. The Morgan fingerprint density at radius 3 is 2.34 bits per heavy atom. The van der Waals surface area contributed by atoms with Crippen LogP contribution >= 0.6 is 0 Å². The molecular formula is C35H40F2N4O6. The number of nitrogens with one attached hydrogen (secondary N) is 2. The maximum Gasteiger partial charge on any atom is 0.319 e. The molecule has 4 rings (SSSR count). The summed E-state index contributed by atoms with van der Waals surface area (Å²) in [6.45, 7) is 1.10. The number of urea groups is 1. The number of nitrogens with zero attached hydrogens (tertiary/aromatic N) is 2. The van der Waals surface area contributed by atoms with E-state index in [0.29, 0.717) is 35.5 Å². The van der Waals surface area contributed by atoms with Gasteiger partial charge in [0.05, 0.1) is 18.2 Å². The molecule has 1 aliphatic rings. The second kappa shape index (κ2) is 16.5. The van der Waals surface area contributed by atoms with Crippen molar-refractivity contribution in [3.63, 3.8) is 0 Å². The van der Waals surface area contributed by atoms with E-state index < -0.39 is 48.0 Å². The average Bonchev–Trinajstić information content (AvgIpc) is 3.06. The van der Waals surface area contributed by atoms with E-state index in [1.165, 1.54) is 18.4 Å². The normalized spacial score (nSPS) is 13.7. The van der Waals surface area contributed by atoms with Crippen molar-refractivity contribution in [1.29, 1.82) is 0 Å². The number of likely N-dealkylation sites (N-methyl/N-ethyl adjacent to an activating group) is 1. The third-order valence-electron chi connectivity index (χ3n) is 8.32. The zero-order valence-corrected chi connectivity index (χ0v) is 26.5. The highest BCUT2D eigenvalue weighted by Crippen LogP contribution is 2.31. The van der Waals surface area contributed by atoms with Crippen LogP contribution in [-0.4, -0.2) is 55.7 Å². The van der Waals surface area contributed by atoms with Crippen LogP contribution < -0.4 is 25.2 Å². The van der Waals surface area contributed by atoms with Crippen molar-refractivity contribution in [2.45, 2.75) is 51.4 Å². The third-order valence-corrected chi connectivity index (χ3v) is 8.32. The van der Waals surface area contributed by atoms with E-state index in [1.807, 2.05) is 0 Å². The van der Waals surface area contributed by atoms with Crippen LogP contribution in [-0.2, 0) is 14.4 Å². The molecule has 0 aliphatic heterocycles. The van der Waals surface area contributed by atoms with Gasteiger partial charge in [-0.05, 0) is 61.2 Å². The van der Waals surface area contributed by atoms with Crippen LogP contribution in [0.1, 0.15) is 56.9 Å². The van der Waals surface area contributed by atoms with E-state index in [9.17, 15) is 33.1 Å². The van der Waals surface area contributed by atoms with Crippen molar-refractivity contribution < 1.29 is 37.8 Å². The number of hydrogen-bond donors (Lipinski definition) is 3. The minimum absolute atomic E-state index is 0.0288. The van der Waals surface area contributed by atoms with E-state index in [1.54, 1.807) is 55.5 Å². The van der Waals surface area contributed by atoms with Gasteiger partial charge in [-0.25, -0.2) is 13.6 Å². The molecule has 1 unspecified atom stereocenters. The highest BCUT2D eigenvalue weighted by Gasteiger charge is 2.24. The number of rotatable bonds is 13. The molecule has 4 amide bonds. The monoisotopic (exact) mass is 650 g/mol. The predicted octanol–water partition coefficient (Wildman–Crippen LogP) is 6.32. The molecule has 47 heavy (non-hydrogen) atoms. The molecule has 0 bridgehead atoms. The third kappa shape index (κ3) is 9.99. The standard InChI is InChI=1S/C35H40F2N4O6/c1-23(34(44)45)25-11-8-12-28(17-25)39-35(46)38-21-32(42)41(16-15-24-9-4-3-5-10-24)30-13-6-7-14-31(30)47-22-33(43)40(2)29-19-26(36)18-27(37)20-29/h6-8,11-14,17-20,23-24H,3-5,9-10,15-16,21-22H2,1-2H3,(H,44,45)(H2,38,39,46). The Kier molecular flexibility index (Phi) is 12.3. The molecule has 3 aromatic rings. The van der Waals surface area contributed by atoms with Gasteiger partial charge in [0.2, 0.25) is 5.91 Å². The van der Waals surface area contributed by atoms with Crippen LogP contribution in [0.5, 0.6) is 5.75 Å². The molecule has 3 aromatic carbocycles. The number of carboxylic acids is 1. The maximum absolute atomic E-state index is 13.7. The summed E-state index contributed by atoms with van der Waals surface area (Å²) in [7, 11) is 1.38. The molecule has 250 valence electrons. The number of para-hydroxylation sites is 2. The zero-order chi connectivity index (χ0) is 33.9. The summed E-state index contributed by atoms with van der Waals surface area (Å²) in [5, 5.41) is 14.5. The zero-order valence-electron chi connectivity index (χ0n) is 26.5. The van der Waals surface area contributed by atoms with Gasteiger partial charge in [-0.3, -0.25) is 14.4 Å². The molecule has 1 fully saturated rings. The first-order chi connectivity index (χ1) is 22.5. The summed E-state index contributed by atoms with van der Waals surface area (Å²) >= 11 is 0. The van der Waals surface area contributed by atoms with Crippen molar-refractivity contribution in [3.8, 4) is 5.75 Å². The molecule has 3 N–H and O–H groups in total. The number of hydrogen-bond acceptors (Lipinski definition) is 5. The number of anilines is 3. The molecular weight excluding hydrogens is 610 g/mol. The predicted molar refractivity (Wildman–Crippen MR) is 175 cm³/mol. The highest BCUT2D eigenvalue weighted by atomic mass is 19.1. The van der Waals surface area contributed by atoms with Crippen LogP contribution in [0, 0.1) is 17.6 Å². The topological polar surface area (TPSA) is 128 Å². The molecule has 0 radical (unpaired) electrons. The van der Waals surface area contributed by atoms with Gasteiger partial charge in [-0.15, -0.1) is 0 Å². The fraction of sp³-hybridized carbons (Fsp3) is 0.371. The summed E-state index contributed by atoms with van der Waals surface area (Å²) in [6.07, 6.45) is 6.35. The average molecular weight is 651 g/mol. The molecule has 12 heteroatoms. The van der Waals surface area contributed by atoms with Gasteiger partial charge in [0.25, 0.3) is 5.91 Å². The lowest BCUT2D eigenvalue weighted by Crippen LogP contribution is -2.42. The molecule has 0 aromatic heterocycles. The molecule has 10 nitrogen and oxygen atoms in total. The summed E-state index contributed by atoms with van der Waals surface area (Å²) in [5.41, 5.74) is 1.34. The fourth-order valence-corrected chi connectivity index (χ4v) is 5.54. The number of carbonyl (C=O) groups excluding carboxylic acids is 3. The summed E-state index contributed by atoms with van der Waals surface area (Å²) < 4.78 is 33.3. The lowest BCUT2D eigenvalue weighted by Gasteiger charge is -2.29. The molecule has 1 saturated carbocycles. The Morgan fingerprint density at radius 2 is 1.64 bits per heavy atom. The van der Waals surface area contributed by atoms with Crippen molar-refractivity contribution in [3.05, 3.63) is 83.9 Å². The number of halogens is 2. The lowest BCUT2D eigenvalue weighted by atomic mass is 9.87. The van der Waals surface area contributed by atoms with Gasteiger partial charge in [0.15, 0.2) is 6.61 Å². The number of aliphatic carboxylic acids is 1. The molecule has 1 atom stereocenters. The first-order valence-corrected chi connectivity index (χ1v) is 15.6. The number of ether oxygens (including phenoxy) is 1. The van der Waals surface area contributed by atoms with Crippen molar-refractivity contribution in [2.24, 2.45) is 5.92 Å². The SMILES string of the molecule is CC(C(=O)O)c1cccc(NC(=O)NCC(=O)N(CCC2CCCCC2)c2ccccc2OCC(=O)N(C)c2cc(F)cc(F)c2)c1. The quantitative estimate of drug-likeness (QED) is 0.199.